The van der Waals surface area contributed by atoms with Gasteiger partial charge >= 0.3 is 0 Å². The van der Waals surface area contributed by atoms with Crippen LogP contribution in [0.1, 0.15) is 38.5 Å². The van der Waals surface area contributed by atoms with Crippen LogP contribution in [0.5, 0.6) is 0 Å². The smallest absolute Gasteiger partial charge is 0.240 e. The molecule has 1 aliphatic carbocycles. The minimum absolute atomic E-state index is 0.0696. The fourth-order valence-corrected chi connectivity index (χ4v) is 3.24. The monoisotopic (exact) mass is 268 g/mol. The molecule has 2 fully saturated rings. The minimum atomic E-state index is -0.453. The molecule has 5 heteroatoms. The van der Waals surface area contributed by atoms with E-state index in [4.69, 9.17) is 10.5 Å². The van der Waals surface area contributed by atoms with Gasteiger partial charge in [0.2, 0.25) is 5.91 Å². The van der Waals surface area contributed by atoms with Gasteiger partial charge in [0.15, 0.2) is 5.78 Å². The lowest BCUT2D eigenvalue weighted by Gasteiger charge is -2.31. The number of methoxy groups -OCH3 is 1. The highest BCUT2D eigenvalue weighted by atomic mass is 16.5. The van der Waals surface area contributed by atoms with Crippen LogP contribution >= 0.6 is 0 Å². The molecule has 1 unspecified atom stereocenters. The van der Waals surface area contributed by atoms with Crippen molar-refractivity contribution in [1.29, 1.82) is 0 Å². The summed E-state index contributed by atoms with van der Waals surface area (Å²) in [5.41, 5.74) is 6.13. The third-order valence-electron chi connectivity index (χ3n) is 4.34. The Hall–Kier alpha value is -0.940. The van der Waals surface area contributed by atoms with E-state index < -0.39 is 6.04 Å². The maximum absolute atomic E-state index is 12.5. The van der Waals surface area contributed by atoms with E-state index in [1.807, 2.05) is 0 Å². The van der Waals surface area contributed by atoms with Crippen LogP contribution in [0.2, 0.25) is 0 Å². The summed E-state index contributed by atoms with van der Waals surface area (Å²) in [5, 5.41) is 0. The predicted molar refractivity (Wildman–Crippen MR) is 71.6 cm³/mol. The molecule has 0 radical (unpaired) electrons. The van der Waals surface area contributed by atoms with Crippen LogP contribution in [-0.4, -0.2) is 48.9 Å². The second-order valence-corrected chi connectivity index (χ2v) is 5.74. The van der Waals surface area contributed by atoms with Crippen molar-refractivity contribution in [1.82, 2.24) is 4.90 Å². The van der Waals surface area contributed by atoms with Gasteiger partial charge < -0.3 is 15.4 Å². The number of rotatable bonds is 4. The van der Waals surface area contributed by atoms with E-state index in [-0.39, 0.29) is 30.2 Å². The molecule has 0 spiro atoms. The molecule has 2 atom stereocenters. The van der Waals surface area contributed by atoms with Gasteiger partial charge in [-0.25, -0.2) is 0 Å². The third-order valence-corrected chi connectivity index (χ3v) is 4.34. The van der Waals surface area contributed by atoms with Crippen LogP contribution in [0.25, 0.3) is 0 Å². The van der Waals surface area contributed by atoms with Crippen LogP contribution in [0.3, 0.4) is 0 Å². The van der Waals surface area contributed by atoms with Gasteiger partial charge in [0.05, 0.1) is 25.2 Å². The summed E-state index contributed by atoms with van der Waals surface area (Å²) < 4.78 is 5.09. The lowest BCUT2D eigenvalue weighted by atomic mass is 9.83. The second-order valence-electron chi connectivity index (χ2n) is 5.74. The van der Waals surface area contributed by atoms with Crippen molar-refractivity contribution >= 4 is 11.7 Å². The van der Waals surface area contributed by atoms with Crippen molar-refractivity contribution in [3.05, 3.63) is 0 Å². The van der Waals surface area contributed by atoms with E-state index in [1.54, 1.807) is 12.0 Å². The molecule has 5 nitrogen and oxygen atoms in total. The fourth-order valence-electron chi connectivity index (χ4n) is 3.24. The molecule has 1 saturated heterocycles. The fraction of sp³-hybridized carbons (Fsp3) is 0.857. The van der Waals surface area contributed by atoms with Gasteiger partial charge in [-0.1, -0.05) is 19.3 Å². The van der Waals surface area contributed by atoms with Gasteiger partial charge in [-0.15, -0.1) is 0 Å². The lowest BCUT2D eigenvalue weighted by molar-refractivity contribution is -0.136. The predicted octanol–water partition coefficient (Wildman–Crippen LogP) is 0.710. The molecular formula is C14H24N2O3. The van der Waals surface area contributed by atoms with Gasteiger partial charge in [0, 0.05) is 13.5 Å². The Bertz CT molecular complexity index is 340. The van der Waals surface area contributed by atoms with Crippen molar-refractivity contribution in [3.8, 4) is 0 Å². The number of hydrogen-bond acceptors (Lipinski definition) is 4. The first-order valence-electron chi connectivity index (χ1n) is 7.20. The van der Waals surface area contributed by atoms with E-state index in [2.05, 4.69) is 0 Å². The van der Waals surface area contributed by atoms with Crippen molar-refractivity contribution in [2.75, 3.05) is 20.3 Å². The first-order chi connectivity index (χ1) is 9.13. The molecule has 1 saturated carbocycles. The number of carbonyl (C=O) groups excluding carboxylic acids is 2. The van der Waals surface area contributed by atoms with Crippen LogP contribution in [0.15, 0.2) is 0 Å². The Morgan fingerprint density at radius 3 is 2.74 bits per heavy atom. The van der Waals surface area contributed by atoms with E-state index in [0.717, 1.165) is 25.7 Å². The number of ether oxygens (including phenoxy) is 1. The zero-order chi connectivity index (χ0) is 13.8. The Labute approximate surface area is 114 Å². The summed E-state index contributed by atoms with van der Waals surface area (Å²) in [6.07, 6.45) is 6.02. The number of ketones is 1. The maximum Gasteiger partial charge on any atom is 0.240 e. The highest BCUT2D eigenvalue weighted by molar-refractivity contribution is 5.92. The van der Waals surface area contributed by atoms with Gasteiger partial charge in [-0.3, -0.25) is 9.59 Å². The molecule has 1 aliphatic heterocycles. The van der Waals surface area contributed by atoms with Gasteiger partial charge in [0.25, 0.3) is 0 Å². The molecule has 0 aromatic rings. The molecule has 19 heavy (non-hydrogen) atoms. The minimum Gasteiger partial charge on any atom is -0.383 e. The number of nitrogens with zero attached hydrogens (tertiary/aromatic N) is 1. The van der Waals surface area contributed by atoms with E-state index in [1.165, 1.54) is 6.42 Å². The van der Waals surface area contributed by atoms with E-state index in [0.29, 0.717) is 13.0 Å². The molecule has 0 aromatic heterocycles. The highest BCUT2D eigenvalue weighted by Gasteiger charge is 2.38. The first kappa shape index (κ1) is 14.5. The van der Waals surface area contributed by atoms with E-state index in [9.17, 15) is 9.59 Å². The average molecular weight is 268 g/mol. The molecule has 0 bridgehead atoms. The number of Topliss-reactive ketones (excluding diaryl/α,β-unsaturated/α-hetero) is 1. The Balaban J connectivity index is 1.98. The molecular weight excluding hydrogens is 244 g/mol. The van der Waals surface area contributed by atoms with Crippen molar-refractivity contribution in [2.24, 2.45) is 11.7 Å². The van der Waals surface area contributed by atoms with Crippen molar-refractivity contribution in [2.45, 2.75) is 50.6 Å². The summed E-state index contributed by atoms with van der Waals surface area (Å²) in [6, 6.07) is -0.579. The standard InChI is InChI=1S/C14H24N2O3/c1-19-9-11-7-12(17)8-16(11)14(18)13(15)10-5-3-2-4-6-10/h10-11,13H,2-9,15H2,1H3/t11-,13?/m0/s1. The van der Waals surface area contributed by atoms with Crippen LogP contribution in [-0.2, 0) is 14.3 Å². The van der Waals surface area contributed by atoms with Crippen LogP contribution in [0.4, 0.5) is 0 Å². The SMILES string of the molecule is COC[C@@H]1CC(=O)CN1C(=O)C(N)C1CCCCC1. The maximum atomic E-state index is 12.5. The molecule has 2 rings (SSSR count). The number of amides is 1. The summed E-state index contributed by atoms with van der Waals surface area (Å²) in [6.45, 7) is 0.613. The van der Waals surface area contributed by atoms with Gasteiger partial charge in [-0.05, 0) is 18.8 Å². The van der Waals surface area contributed by atoms with Crippen molar-refractivity contribution < 1.29 is 14.3 Å². The number of nitrogens with two attached hydrogens (primary N) is 1. The summed E-state index contributed by atoms with van der Waals surface area (Å²) in [5.74, 6) is 0.311. The zero-order valence-corrected chi connectivity index (χ0v) is 11.6. The quantitative estimate of drug-likeness (QED) is 0.815. The normalized spacial score (nSPS) is 26.7. The Morgan fingerprint density at radius 1 is 1.42 bits per heavy atom. The summed E-state index contributed by atoms with van der Waals surface area (Å²) in [7, 11) is 1.59. The first-order valence-corrected chi connectivity index (χ1v) is 7.20. The lowest BCUT2D eigenvalue weighted by Crippen LogP contribution is -2.50. The Kier molecular flexibility index (Phi) is 4.93. The van der Waals surface area contributed by atoms with E-state index >= 15 is 0 Å². The van der Waals surface area contributed by atoms with Crippen molar-refractivity contribution in [3.63, 3.8) is 0 Å². The largest absolute Gasteiger partial charge is 0.383 e. The molecule has 0 aromatic carbocycles. The summed E-state index contributed by atoms with van der Waals surface area (Å²) >= 11 is 0. The number of carbonyl (C=O) groups is 2. The average Bonchev–Trinajstić information content (AvgIpc) is 2.79. The zero-order valence-electron chi connectivity index (χ0n) is 11.6. The highest BCUT2D eigenvalue weighted by Crippen LogP contribution is 2.27. The van der Waals surface area contributed by atoms with Gasteiger partial charge in [0.1, 0.15) is 0 Å². The number of hydrogen-bond donors (Lipinski definition) is 1. The molecule has 1 amide bonds. The number of likely N-dealkylation sites (tertiary alicyclic amines) is 1. The van der Waals surface area contributed by atoms with Crippen LogP contribution < -0.4 is 5.73 Å². The third kappa shape index (κ3) is 3.34. The van der Waals surface area contributed by atoms with Crippen LogP contribution in [0, 0.1) is 5.92 Å². The topological polar surface area (TPSA) is 72.6 Å². The second kappa shape index (κ2) is 6.48. The Morgan fingerprint density at radius 2 is 2.11 bits per heavy atom. The molecule has 108 valence electrons. The molecule has 2 N–H and O–H groups in total. The summed E-state index contributed by atoms with van der Waals surface area (Å²) in [4.78, 5) is 25.7. The van der Waals surface area contributed by atoms with Gasteiger partial charge in [-0.2, -0.15) is 0 Å². The molecule has 2 aliphatic rings. The molecule has 1 heterocycles.